The van der Waals surface area contributed by atoms with Gasteiger partial charge in [0.1, 0.15) is 48.3 Å². The molecule has 0 spiro atoms. The molecule has 3 heterocycles. The maximum Gasteiger partial charge on any atom is 0.309 e. The van der Waals surface area contributed by atoms with E-state index in [1.54, 1.807) is 35.0 Å². The summed E-state index contributed by atoms with van der Waals surface area (Å²) in [7, 11) is 4.67. The fraction of sp³-hybridized carbons (Fsp3) is 0.959. The van der Waals surface area contributed by atoms with E-state index in [1.165, 1.54) is 14.0 Å². The van der Waals surface area contributed by atoms with Crippen LogP contribution in [0.1, 0.15) is 133 Å². The van der Waals surface area contributed by atoms with E-state index in [2.05, 4.69) is 6.92 Å². The minimum atomic E-state index is -1.61. The topological polar surface area (TPSA) is 217 Å². The van der Waals surface area contributed by atoms with Crippen LogP contribution in [-0.2, 0) is 61.7 Å². The predicted octanol–water partition coefficient (Wildman–Crippen LogP) is 4.33. The molecule has 4 aliphatic carbocycles. The lowest BCUT2D eigenvalue weighted by atomic mass is 9.42. The number of carbonyl (C=O) groups is 2. The van der Waals surface area contributed by atoms with Crippen LogP contribution in [0.5, 0.6) is 0 Å². The SMILES string of the molecule is CCC(C)C(=O)O[C@H](C)[C@]1(O)CC[C@]2(O)[C@@H]3CC[C@H]4C[C@@H](O[C@H]5C[C@H](OC)[C@H](O[C@H]6C[C@@H](OC)[C@H](O[C@@H]7O[C@H](C)[C@@H](O)[C@H](OC)[C@H]7O)[C@@H](C)O6)[C@@H](C)O5)CC[C@]4(C)[C@H]3C[C@@H](OC(C)=O)[C@]12C. The number of carbonyl (C=O) groups excluding carboxylic acids is 2. The van der Waals surface area contributed by atoms with Gasteiger partial charge in [0.25, 0.3) is 0 Å². The van der Waals surface area contributed by atoms with Crippen molar-refractivity contribution in [1.29, 1.82) is 0 Å². The lowest BCUT2D eigenvalue weighted by Crippen LogP contribution is -2.72. The molecule has 7 aliphatic rings. The highest BCUT2D eigenvalue weighted by Crippen LogP contribution is 2.71. The normalized spacial score (nSPS) is 50.3. The molecule has 3 saturated heterocycles. The third-order valence-corrected chi connectivity index (χ3v) is 18.2. The van der Waals surface area contributed by atoms with Gasteiger partial charge in [-0.25, -0.2) is 0 Å². The Hall–Kier alpha value is -1.58. The Morgan fingerprint density at radius 1 is 0.712 bits per heavy atom. The minimum absolute atomic E-state index is 0.0267. The first-order valence-corrected chi connectivity index (χ1v) is 24.8. The van der Waals surface area contributed by atoms with Gasteiger partial charge in [0.15, 0.2) is 18.9 Å². The summed E-state index contributed by atoms with van der Waals surface area (Å²) >= 11 is 0. The zero-order chi connectivity index (χ0) is 48.3. The van der Waals surface area contributed by atoms with Crippen LogP contribution in [0.4, 0.5) is 0 Å². The van der Waals surface area contributed by atoms with E-state index in [-0.39, 0.29) is 53.7 Å². The number of ether oxygens (including phenoxy) is 11. The van der Waals surface area contributed by atoms with Gasteiger partial charge in [-0.05, 0) is 109 Å². The summed E-state index contributed by atoms with van der Waals surface area (Å²) in [6, 6.07) is 0. The second kappa shape index (κ2) is 20.3. The van der Waals surface area contributed by atoms with E-state index in [1.807, 2.05) is 27.7 Å². The smallest absolute Gasteiger partial charge is 0.309 e. The standard InChI is InChI=1S/C49H82O17/c1-13-24(2)44(53)62-28(6)48(54)18-19-49(55)32-15-14-30-20-31(16-17-46(30,8)33(32)21-36(47(48,49)9)63-29(7)50)64-37-22-34(56-10)41(26(4)59-37)65-38-23-35(57-11)42(27(5)60-38)66-45-40(52)43(58-12)39(51)25(3)61-45/h24-28,30-43,45,51-52,54-55H,13-23H2,1-12H3/t24?,25-,26-,27-,28-,30+,31+,32-,33+,34+,35-,36-,37+,38+,39-,40-,41-,42-,43+,45+,46+,47-,48-,49+/m1/s1. The molecular weight excluding hydrogens is 861 g/mol. The summed E-state index contributed by atoms with van der Waals surface area (Å²) in [4.78, 5) is 25.8. The summed E-state index contributed by atoms with van der Waals surface area (Å²) in [6.45, 7) is 16.5. The predicted molar refractivity (Wildman–Crippen MR) is 235 cm³/mol. The monoisotopic (exact) mass is 943 g/mol. The molecule has 7 fully saturated rings. The van der Waals surface area contributed by atoms with Crippen LogP contribution in [0.15, 0.2) is 0 Å². The quantitative estimate of drug-likeness (QED) is 0.141. The average Bonchev–Trinajstić information content (AvgIpc) is 3.50. The molecule has 66 heavy (non-hydrogen) atoms. The lowest BCUT2D eigenvalue weighted by Gasteiger charge is -2.66. The van der Waals surface area contributed by atoms with Crippen molar-refractivity contribution in [3.05, 3.63) is 0 Å². The first-order valence-electron chi connectivity index (χ1n) is 24.8. The minimum Gasteiger partial charge on any atom is -0.462 e. The Morgan fingerprint density at radius 3 is 1.92 bits per heavy atom. The second-order valence-electron chi connectivity index (χ2n) is 21.5. The first-order chi connectivity index (χ1) is 31.1. The van der Waals surface area contributed by atoms with Crippen LogP contribution in [0.2, 0.25) is 0 Å². The van der Waals surface area contributed by atoms with Gasteiger partial charge in [-0.15, -0.1) is 0 Å². The van der Waals surface area contributed by atoms with Gasteiger partial charge < -0.3 is 72.5 Å². The average molecular weight is 943 g/mol. The molecule has 7 rings (SSSR count). The molecular formula is C49H82O17. The van der Waals surface area contributed by atoms with Gasteiger partial charge in [0.05, 0.1) is 53.6 Å². The first kappa shape index (κ1) is 52.2. The number of aliphatic hydroxyl groups is 4. The molecule has 0 radical (unpaired) electrons. The van der Waals surface area contributed by atoms with Crippen molar-refractivity contribution >= 4 is 11.9 Å². The lowest BCUT2D eigenvalue weighted by molar-refractivity contribution is -0.352. The van der Waals surface area contributed by atoms with Crippen molar-refractivity contribution in [2.45, 2.75) is 242 Å². The molecule has 17 nitrogen and oxygen atoms in total. The summed E-state index contributed by atoms with van der Waals surface area (Å²) in [6.07, 6.45) is -4.11. The van der Waals surface area contributed by atoms with E-state index in [0.29, 0.717) is 32.1 Å². The second-order valence-corrected chi connectivity index (χ2v) is 21.5. The number of esters is 2. The van der Waals surface area contributed by atoms with Crippen LogP contribution >= 0.6 is 0 Å². The zero-order valence-corrected chi connectivity index (χ0v) is 41.4. The number of aliphatic hydroxyl groups excluding tert-OH is 2. The molecule has 24 atom stereocenters. The van der Waals surface area contributed by atoms with E-state index < -0.39 is 109 Å². The van der Waals surface area contributed by atoms with Crippen molar-refractivity contribution in [3.8, 4) is 0 Å². The fourth-order valence-corrected chi connectivity index (χ4v) is 13.9. The Kier molecular flexibility index (Phi) is 16.0. The molecule has 380 valence electrons. The summed E-state index contributed by atoms with van der Waals surface area (Å²) in [5.74, 6) is -1.02. The van der Waals surface area contributed by atoms with Gasteiger partial charge in [-0.1, -0.05) is 27.7 Å². The van der Waals surface area contributed by atoms with Crippen LogP contribution in [0, 0.1) is 34.5 Å². The Balaban J connectivity index is 0.971. The van der Waals surface area contributed by atoms with Crippen LogP contribution < -0.4 is 0 Å². The molecule has 17 heteroatoms. The van der Waals surface area contributed by atoms with Crippen molar-refractivity contribution in [1.82, 2.24) is 0 Å². The number of hydrogen-bond donors (Lipinski definition) is 4. The van der Waals surface area contributed by atoms with E-state index >= 15 is 0 Å². The summed E-state index contributed by atoms with van der Waals surface area (Å²) in [5, 5.41) is 47.0. The highest BCUT2D eigenvalue weighted by atomic mass is 16.8. The van der Waals surface area contributed by atoms with Crippen molar-refractivity contribution < 1.29 is 82.1 Å². The molecule has 1 unspecified atom stereocenters. The summed E-state index contributed by atoms with van der Waals surface area (Å²) < 4.78 is 67.6. The molecule has 0 amide bonds. The molecule has 0 aromatic carbocycles. The number of fused-ring (bicyclic) bond motifs is 5. The largest absolute Gasteiger partial charge is 0.462 e. The number of methoxy groups -OCH3 is 3. The Labute approximate surface area is 391 Å². The van der Waals surface area contributed by atoms with Crippen LogP contribution in [0.3, 0.4) is 0 Å². The number of rotatable bonds is 14. The van der Waals surface area contributed by atoms with Gasteiger partial charge >= 0.3 is 11.9 Å². The van der Waals surface area contributed by atoms with E-state index in [4.69, 9.17) is 52.1 Å². The van der Waals surface area contributed by atoms with Crippen molar-refractivity contribution in [2.24, 2.45) is 34.5 Å². The highest BCUT2D eigenvalue weighted by molar-refractivity contribution is 5.72. The third kappa shape index (κ3) is 9.15. The molecule has 4 saturated carbocycles. The van der Waals surface area contributed by atoms with Crippen LogP contribution in [-0.4, -0.2) is 163 Å². The third-order valence-electron chi connectivity index (χ3n) is 18.2. The Bertz CT molecular complexity index is 1670. The molecule has 3 aliphatic heterocycles. The van der Waals surface area contributed by atoms with Gasteiger partial charge in [-0.3, -0.25) is 9.59 Å². The molecule has 0 aromatic rings. The molecule has 0 bridgehead atoms. The van der Waals surface area contributed by atoms with Crippen molar-refractivity contribution in [3.63, 3.8) is 0 Å². The Morgan fingerprint density at radius 2 is 1.33 bits per heavy atom. The van der Waals surface area contributed by atoms with Crippen LogP contribution in [0.25, 0.3) is 0 Å². The maximum absolute atomic E-state index is 13.0. The van der Waals surface area contributed by atoms with Gasteiger partial charge in [0.2, 0.25) is 0 Å². The van der Waals surface area contributed by atoms with Gasteiger partial charge in [0, 0.05) is 41.1 Å². The maximum atomic E-state index is 13.0. The summed E-state index contributed by atoms with van der Waals surface area (Å²) in [5.41, 5.74) is -4.41. The zero-order valence-electron chi connectivity index (χ0n) is 41.4. The van der Waals surface area contributed by atoms with Crippen molar-refractivity contribution in [2.75, 3.05) is 21.3 Å². The fourth-order valence-electron chi connectivity index (χ4n) is 13.9. The number of hydrogen-bond acceptors (Lipinski definition) is 17. The van der Waals surface area contributed by atoms with E-state index in [0.717, 1.165) is 32.1 Å². The van der Waals surface area contributed by atoms with E-state index in [9.17, 15) is 30.0 Å². The molecule has 0 aromatic heterocycles. The highest BCUT2D eigenvalue weighted by Gasteiger charge is 2.77. The van der Waals surface area contributed by atoms with Gasteiger partial charge in [-0.2, -0.15) is 0 Å². The molecule has 4 N–H and O–H groups in total.